The highest BCUT2D eigenvalue weighted by Gasteiger charge is 2.13. The van der Waals surface area contributed by atoms with E-state index in [9.17, 15) is 4.79 Å². The van der Waals surface area contributed by atoms with E-state index in [0.29, 0.717) is 17.4 Å². The summed E-state index contributed by atoms with van der Waals surface area (Å²) in [5.74, 6) is 1.33. The highest BCUT2D eigenvalue weighted by Crippen LogP contribution is 2.29. The number of methoxy groups -OCH3 is 1. The number of benzene rings is 2. The van der Waals surface area contributed by atoms with E-state index < -0.39 is 0 Å². The van der Waals surface area contributed by atoms with Crippen molar-refractivity contribution in [3.63, 3.8) is 0 Å². The maximum atomic E-state index is 12.3. The summed E-state index contributed by atoms with van der Waals surface area (Å²) in [6, 6.07) is 11.7. The van der Waals surface area contributed by atoms with Crippen LogP contribution in [0.4, 0.5) is 5.69 Å². The Morgan fingerprint density at radius 2 is 1.88 bits per heavy atom. The number of nitrogens with one attached hydrogen (secondary N) is 1. The standard InChI is InChI=1S/C20H25NO3/c1-13(2)16-8-6-7-15(4)20(16)21-19(22)12-24-17-10-9-14(3)11-18(17)23-5/h6-11,13H,12H2,1-5H3,(H,21,22). The van der Waals surface area contributed by atoms with Crippen molar-refractivity contribution in [2.24, 2.45) is 0 Å². The third-order valence-electron chi connectivity index (χ3n) is 3.87. The normalized spacial score (nSPS) is 10.6. The van der Waals surface area contributed by atoms with Gasteiger partial charge in [0, 0.05) is 5.69 Å². The van der Waals surface area contributed by atoms with Crippen LogP contribution in [0, 0.1) is 13.8 Å². The van der Waals surface area contributed by atoms with E-state index in [-0.39, 0.29) is 12.5 Å². The van der Waals surface area contributed by atoms with Crippen molar-refractivity contribution in [2.45, 2.75) is 33.6 Å². The fraction of sp³-hybridized carbons (Fsp3) is 0.350. The Labute approximate surface area is 143 Å². The maximum Gasteiger partial charge on any atom is 0.262 e. The van der Waals surface area contributed by atoms with Crippen molar-refractivity contribution in [1.82, 2.24) is 0 Å². The molecule has 0 atom stereocenters. The molecule has 2 aromatic rings. The van der Waals surface area contributed by atoms with Crippen LogP contribution in [0.1, 0.15) is 36.5 Å². The molecule has 0 unspecified atom stereocenters. The van der Waals surface area contributed by atoms with E-state index in [2.05, 4.69) is 19.2 Å². The first-order valence-corrected chi connectivity index (χ1v) is 8.09. The van der Waals surface area contributed by atoms with Crippen molar-refractivity contribution in [2.75, 3.05) is 19.0 Å². The van der Waals surface area contributed by atoms with Crippen molar-refractivity contribution in [3.8, 4) is 11.5 Å². The van der Waals surface area contributed by atoms with Gasteiger partial charge in [-0.2, -0.15) is 0 Å². The van der Waals surface area contributed by atoms with Gasteiger partial charge in [-0.3, -0.25) is 4.79 Å². The maximum absolute atomic E-state index is 12.3. The fourth-order valence-electron chi connectivity index (χ4n) is 2.56. The van der Waals surface area contributed by atoms with Crippen molar-refractivity contribution < 1.29 is 14.3 Å². The Kier molecular flexibility index (Phi) is 5.85. The van der Waals surface area contributed by atoms with E-state index in [1.807, 2.05) is 50.2 Å². The zero-order valence-corrected chi connectivity index (χ0v) is 15.0. The Balaban J connectivity index is 2.07. The van der Waals surface area contributed by atoms with E-state index >= 15 is 0 Å². The van der Waals surface area contributed by atoms with E-state index in [1.54, 1.807) is 7.11 Å². The van der Waals surface area contributed by atoms with Gasteiger partial charge < -0.3 is 14.8 Å². The predicted octanol–water partition coefficient (Wildman–Crippen LogP) is 4.45. The number of carbonyl (C=O) groups excluding carboxylic acids is 1. The highest BCUT2D eigenvalue weighted by molar-refractivity contribution is 5.93. The number of hydrogen-bond acceptors (Lipinski definition) is 3. The van der Waals surface area contributed by atoms with Crippen LogP contribution >= 0.6 is 0 Å². The molecule has 0 radical (unpaired) electrons. The third-order valence-corrected chi connectivity index (χ3v) is 3.87. The molecule has 0 saturated carbocycles. The molecule has 2 rings (SSSR count). The second-order valence-electron chi connectivity index (χ2n) is 6.19. The van der Waals surface area contributed by atoms with Crippen LogP contribution in [0.5, 0.6) is 11.5 Å². The number of amides is 1. The summed E-state index contributed by atoms with van der Waals surface area (Å²) in [5, 5.41) is 2.97. The van der Waals surface area contributed by atoms with Crippen LogP contribution < -0.4 is 14.8 Å². The third kappa shape index (κ3) is 4.28. The molecule has 24 heavy (non-hydrogen) atoms. The predicted molar refractivity (Wildman–Crippen MR) is 97.1 cm³/mol. The van der Waals surface area contributed by atoms with Gasteiger partial charge in [0.2, 0.25) is 0 Å². The fourth-order valence-corrected chi connectivity index (χ4v) is 2.56. The van der Waals surface area contributed by atoms with Crippen LogP contribution in [0.15, 0.2) is 36.4 Å². The quantitative estimate of drug-likeness (QED) is 0.852. The molecule has 0 saturated heterocycles. The molecule has 0 aliphatic carbocycles. The summed E-state index contributed by atoms with van der Waals surface area (Å²) >= 11 is 0. The summed E-state index contributed by atoms with van der Waals surface area (Å²) in [6.45, 7) is 8.12. The molecule has 2 aromatic carbocycles. The van der Waals surface area contributed by atoms with Gasteiger partial charge in [-0.15, -0.1) is 0 Å². The van der Waals surface area contributed by atoms with Crippen LogP contribution in [0.25, 0.3) is 0 Å². The van der Waals surface area contributed by atoms with Gasteiger partial charge in [0.25, 0.3) is 5.91 Å². The highest BCUT2D eigenvalue weighted by atomic mass is 16.5. The molecule has 0 fully saturated rings. The van der Waals surface area contributed by atoms with Crippen LogP contribution in [0.3, 0.4) is 0 Å². The van der Waals surface area contributed by atoms with Gasteiger partial charge in [0.05, 0.1) is 7.11 Å². The zero-order valence-electron chi connectivity index (χ0n) is 15.0. The largest absolute Gasteiger partial charge is 0.493 e. The van der Waals surface area contributed by atoms with E-state index in [1.165, 1.54) is 0 Å². The van der Waals surface area contributed by atoms with Gasteiger partial charge in [0.15, 0.2) is 18.1 Å². The number of para-hydroxylation sites is 1. The van der Waals surface area contributed by atoms with Crippen LogP contribution in [-0.4, -0.2) is 19.6 Å². The summed E-state index contributed by atoms with van der Waals surface area (Å²) < 4.78 is 10.9. The molecule has 4 nitrogen and oxygen atoms in total. The van der Waals surface area contributed by atoms with Gasteiger partial charge in [0.1, 0.15) is 0 Å². The molecule has 1 amide bonds. The van der Waals surface area contributed by atoms with Crippen LogP contribution in [-0.2, 0) is 4.79 Å². The minimum Gasteiger partial charge on any atom is -0.493 e. The number of carbonyl (C=O) groups is 1. The molecule has 128 valence electrons. The van der Waals surface area contributed by atoms with E-state index in [0.717, 1.165) is 22.4 Å². The van der Waals surface area contributed by atoms with Gasteiger partial charge in [-0.1, -0.05) is 38.1 Å². The molecule has 0 aliphatic heterocycles. The Hall–Kier alpha value is -2.49. The average Bonchev–Trinajstić information content (AvgIpc) is 2.55. The first-order chi connectivity index (χ1) is 11.4. The lowest BCUT2D eigenvalue weighted by atomic mass is 9.98. The minimum atomic E-state index is -0.186. The van der Waals surface area contributed by atoms with Crippen LogP contribution in [0.2, 0.25) is 0 Å². The summed E-state index contributed by atoms with van der Waals surface area (Å²) in [7, 11) is 1.59. The number of anilines is 1. The Morgan fingerprint density at radius 3 is 2.54 bits per heavy atom. The first-order valence-electron chi connectivity index (χ1n) is 8.09. The molecule has 0 aliphatic rings. The minimum absolute atomic E-state index is 0.0642. The molecule has 1 N–H and O–H groups in total. The second kappa shape index (κ2) is 7.86. The second-order valence-corrected chi connectivity index (χ2v) is 6.19. The molecular formula is C20H25NO3. The summed E-state index contributed by atoms with van der Waals surface area (Å²) in [6.07, 6.45) is 0. The van der Waals surface area contributed by atoms with Gasteiger partial charge >= 0.3 is 0 Å². The Bertz CT molecular complexity index is 723. The molecule has 0 aromatic heterocycles. The monoisotopic (exact) mass is 327 g/mol. The molecular weight excluding hydrogens is 302 g/mol. The topological polar surface area (TPSA) is 47.6 Å². The number of ether oxygens (including phenoxy) is 2. The van der Waals surface area contributed by atoms with Gasteiger partial charge in [-0.05, 0) is 48.6 Å². The van der Waals surface area contributed by atoms with Crippen molar-refractivity contribution >= 4 is 11.6 Å². The smallest absolute Gasteiger partial charge is 0.262 e. The van der Waals surface area contributed by atoms with Gasteiger partial charge in [-0.25, -0.2) is 0 Å². The number of rotatable bonds is 6. The molecule has 4 heteroatoms. The zero-order chi connectivity index (χ0) is 17.7. The lowest BCUT2D eigenvalue weighted by Crippen LogP contribution is -2.22. The average molecular weight is 327 g/mol. The SMILES string of the molecule is COc1cc(C)ccc1OCC(=O)Nc1c(C)cccc1C(C)C. The lowest BCUT2D eigenvalue weighted by Gasteiger charge is -2.17. The molecule has 0 heterocycles. The summed E-state index contributed by atoms with van der Waals surface area (Å²) in [5.41, 5.74) is 4.11. The van der Waals surface area contributed by atoms with E-state index in [4.69, 9.17) is 9.47 Å². The molecule has 0 spiro atoms. The Morgan fingerprint density at radius 1 is 1.12 bits per heavy atom. The van der Waals surface area contributed by atoms with Crippen molar-refractivity contribution in [1.29, 1.82) is 0 Å². The number of hydrogen-bond donors (Lipinski definition) is 1. The summed E-state index contributed by atoms with van der Waals surface area (Å²) in [4.78, 5) is 12.3. The first kappa shape index (κ1) is 17.9. The van der Waals surface area contributed by atoms with Crippen molar-refractivity contribution in [3.05, 3.63) is 53.1 Å². The number of aryl methyl sites for hydroxylation is 2. The molecule has 0 bridgehead atoms. The lowest BCUT2D eigenvalue weighted by molar-refractivity contribution is -0.118.